The van der Waals surface area contributed by atoms with Gasteiger partial charge in [-0.3, -0.25) is 9.69 Å². The van der Waals surface area contributed by atoms with Gasteiger partial charge in [-0.25, -0.2) is 4.98 Å². The van der Waals surface area contributed by atoms with Crippen molar-refractivity contribution in [3.8, 4) is 0 Å². The van der Waals surface area contributed by atoms with Crippen LogP contribution >= 0.6 is 11.3 Å². The Hall–Kier alpha value is -1.70. The summed E-state index contributed by atoms with van der Waals surface area (Å²) in [6, 6.07) is 3.64. The molecule has 1 amide bonds. The van der Waals surface area contributed by atoms with Crippen LogP contribution in [0.3, 0.4) is 0 Å². The smallest absolute Gasteiger partial charge is 0.226 e. The Bertz CT molecular complexity index is 591. The molecule has 0 spiro atoms. The van der Waals surface area contributed by atoms with E-state index in [1.165, 1.54) is 0 Å². The van der Waals surface area contributed by atoms with Crippen LogP contribution in [-0.4, -0.2) is 42.1 Å². The number of hydrogen-bond acceptors (Lipinski definition) is 6. The highest BCUT2D eigenvalue weighted by atomic mass is 32.1. The van der Waals surface area contributed by atoms with Crippen LogP contribution < -0.4 is 5.32 Å². The van der Waals surface area contributed by atoms with Crippen molar-refractivity contribution in [2.75, 3.05) is 26.3 Å². The number of hydrogen-bond donors (Lipinski definition) is 1. The molecule has 1 N–H and O–H groups in total. The largest absolute Gasteiger partial charge is 0.467 e. The fraction of sp³-hybridized carbons (Fsp3) is 0.467. The van der Waals surface area contributed by atoms with Crippen LogP contribution in [0.5, 0.6) is 0 Å². The van der Waals surface area contributed by atoms with E-state index in [-0.39, 0.29) is 5.91 Å². The van der Waals surface area contributed by atoms with Gasteiger partial charge >= 0.3 is 0 Å². The third kappa shape index (κ3) is 4.40. The zero-order valence-electron chi connectivity index (χ0n) is 12.3. The first-order valence-corrected chi connectivity index (χ1v) is 8.20. The monoisotopic (exact) mass is 321 g/mol. The predicted octanol–water partition coefficient (Wildman–Crippen LogP) is 1.43. The molecule has 2 aromatic heterocycles. The van der Waals surface area contributed by atoms with Gasteiger partial charge in [-0.2, -0.15) is 0 Å². The normalized spacial score (nSPS) is 15.8. The van der Waals surface area contributed by atoms with Crippen LogP contribution in [0.15, 0.2) is 28.2 Å². The van der Waals surface area contributed by atoms with Gasteiger partial charge in [0, 0.05) is 18.5 Å². The molecular weight excluding hydrogens is 302 g/mol. The molecule has 0 bridgehead atoms. The minimum atomic E-state index is -0.0420. The Morgan fingerprint density at radius 3 is 3.05 bits per heavy atom. The van der Waals surface area contributed by atoms with Crippen molar-refractivity contribution >= 4 is 17.2 Å². The zero-order valence-corrected chi connectivity index (χ0v) is 13.1. The second-order valence-electron chi connectivity index (χ2n) is 5.15. The maximum absolute atomic E-state index is 11.9. The van der Waals surface area contributed by atoms with Gasteiger partial charge in [0.25, 0.3) is 0 Å². The number of amides is 1. The third-order valence-corrected chi connectivity index (χ3v) is 4.33. The van der Waals surface area contributed by atoms with E-state index in [0.717, 1.165) is 49.3 Å². The minimum absolute atomic E-state index is 0.0420. The van der Waals surface area contributed by atoms with Crippen molar-refractivity contribution < 1.29 is 13.9 Å². The SMILES string of the molecule is O=C(Cc1csc(CN2CCOCC2)n1)NCc1ccco1. The van der Waals surface area contributed by atoms with Gasteiger partial charge in [0.05, 0.1) is 44.7 Å². The zero-order chi connectivity index (χ0) is 15.2. The summed E-state index contributed by atoms with van der Waals surface area (Å²) in [7, 11) is 0. The maximum atomic E-state index is 11.9. The van der Waals surface area contributed by atoms with E-state index in [9.17, 15) is 4.79 Å². The average molecular weight is 321 g/mol. The number of morpholine rings is 1. The number of furan rings is 1. The summed E-state index contributed by atoms with van der Waals surface area (Å²) in [4.78, 5) is 18.8. The fourth-order valence-corrected chi connectivity index (χ4v) is 3.11. The van der Waals surface area contributed by atoms with Crippen molar-refractivity contribution in [3.63, 3.8) is 0 Å². The molecule has 1 fully saturated rings. The fourth-order valence-electron chi connectivity index (χ4n) is 2.28. The van der Waals surface area contributed by atoms with Gasteiger partial charge < -0.3 is 14.5 Å². The number of nitrogens with zero attached hydrogens (tertiary/aromatic N) is 2. The molecule has 6 nitrogen and oxygen atoms in total. The molecule has 7 heteroatoms. The van der Waals surface area contributed by atoms with Crippen LogP contribution in [0.1, 0.15) is 16.5 Å². The lowest BCUT2D eigenvalue weighted by atomic mass is 10.3. The second kappa shape index (κ2) is 7.53. The molecule has 0 unspecified atom stereocenters. The summed E-state index contributed by atoms with van der Waals surface area (Å²) in [5.74, 6) is 0.708. The van der Waals surface area contributed by atoms with E-state index in [1.54, 1.807) is 23.7 Å². The first-order valence-electron chi connectivity index (χ1n) is 7.32. The van der Waals surface area contributed by atoms with Crippen LogP contribution in [0.25, 0.3) is 0 Å². The molecule has 3 heterocycles. The van der Waals surface area contributed by atoms with Crippen molar-refractivity contribution in [1.29, 1.82) is 0 Å². The summed E-state index contributed by atoms with van der Waals surface area (Å²) in [6.07, 6.45) is 1.90. The number of carbonyl (C=O) groups excluding carboxylic acids is 1. The third-order valence-electron chi connectivity index (χ3n) is 3.44. The molecule has 0 radical (unpaired) electrons. The number of thiazole rings is 1. The minimum Gasteiger partial charge on any atom is -0.467 e. The Morgan fingerprint density at radius 1 is 1.41 bits per heavy atom. The highest BCUT2D eigenvalue weighted by Crippen LogP contribution is 2.14. The lowest BCUT2D eigenvalue weighted by molar-refractivity contribution is -0.120. The summed E-state index contributed by atoms with van der Waals surface area (Å²) in [6.45, 7) is 4.70. The number of carbonyl (C=O) groups is 1. The molecule has 0 saturated carbocycles. The van der Waals surface area contributed by atoms with Crippen molar-refractivity contribution in [2.24, 2.45) is 0 Å². The number of aromatic nitrogens is 1. The molecule has 1 aliphatic heterocycles. The van der Waals surface area contributed by atoms with Crippen molar-refractivity contribution in [2.45, 2.75) is 19.5 Å². The Kier molecular flexibility index (Phi) is 5.20. The van der Waals surface area contributed by atoms with Gasteiger partial charge in [0.1, 0.15) is 10.8 Å². The topological polar surface area (TPSA) is 67.6 Å². The average Bonchev–Trinajstić information content (AvgIpc) is 3.18. The molecular formula is C15H19N3O3S. The van der Waals surface area contributed by atoms with E-state index in [2.05, 4.69) is 15.2 Å². The van der Waals surface area contributed by atoms with Gasteiger partial charge in [-0.05, 0) is 12.1 Å². The van der Waals surface area contributed by atoms with E-state index in [0.29, 0.717) is 13.0 Å². The van der Waals surface area contributed by atoms with Crippen LogP contribution in [-0.2, 0) is 29.0 Å². The molecule has 0 aliphatic carbocycles. The molecule has 1 saturated heterocycles. The highest BCUT2D eigenvalue weighted by molar-refractivity contribution is 7.09. The summed E-state index contributed by atoms with van der Waals surface area (Å²) < 4.78 is 10.5. The van der Waals surface area contributed by atoms with E-state index >= 15 is 0 Å². The molecule has 0 atom stereocenters. The molecule has 3 rings (SSSR count). The van der Waals surface area contributed by atoms with Crippen LogP contribution in [0.2, 0.25) is 0 Å². The molecule has 0 aromatic carbocycles. The Balaban J connectivity index is 1.45. The number of nitrogens with one attached hydrogen (secondary N) is 1. The quantitative estimate of drug-likeness (QED) is 0.872. The first kappa shape index (κ1) is 15.2. The summed E-state index contributed by atoms with van der Waals surface area (Å²) in [5, 5.41) is 5.84. The Morgan fingerprint density at radius 2 is 2.27 bits per heavy atom. The first-order chi connectivity index (χ1) is 10.8. The maximum Gasteiger partial charge on any atom is 0.226 e. The van der Waals surface area contributed by atoms with E-state index in [1.807, 2.05) is 11.4 Å². The van der Waals surface area contributed by atoms with Crippen molar-refractivity contribution in [1.82, 2.24) is 15.2 Å². The van der Waals surface area contributed by atoms with E-state index < -0.39 is 0 Å². The molecule has 118 valence electrons. The lowest BCUT2D eigenvalue weighted by Crippen LogP contribution is -2.35. The number of ether oxygens (including phenoxy) is 1. The van der Waals surface area contributed by atoms with E-state index in [4.69, 9.17) is 9.15 Å². The van der Waals surface area contributed by atoms with Crippen molar-refractivity contribution in [3.05, 3.63) is 40.2 Å². The second-order valence-corrected chi connectivity index (χ2v) is 6.10. The van der Waals surface area contributed by atoms with Gasteiger partial charge in [-0.15, -0.1) is 11.3 Å². The highest BCUT2D eigenvalue weighted by Gasteiger charge is 2.14. The van der Waals surface area contributed by atoms with Gasteiger partial charge in [0.2, 0.25) is 5.91 Å². The molecule has 1 aliphatic rings. The van der Waals surface area contributed by atoms with Gasteiger partial charge in [0.15, 0.2) is 0 Å². The molecule has 22 heavy (non-hydrogen) atoms. The lowest BCUT2D eigenvalue weighted by Gasteiger charge is -2.25. The summed E-state index contributed by atoms with van der Waals surface area (Å²) in [5.41, 5.74) is 0.824. The predicted molar refractivity (Wildman–Crippen MR) is 82.5 cm³/mol. The van der Waals surface area contributed by atoms with Gasteiger partial charge in [-0.1, -0.05) is 0 Å². The van der Waals surface area contributed by atoms with Crippen LogP contribution in [0, 0.1) is 0 Å². The molecule has 2 aromatic rings. The summed E-state index contributed by atoms with van der Waals surface area (Å²) >= 11 is 1.61. The standard InChI is InChI=1S/C15H19N3O3S/c19-14(16-9-13-2-1-5-21-13)8-12-11-22-15(17-12)10-18-3-6-20-7-4-18/h1-2,5,11H,3-4,6-10H2,(H,16,19). The van der Waals surface area contributed by atoms with Crippen LogP contribution in [0.4, 0.5) is 0 Å². The Labute approximate surface area is 133 Å². The number of rotatable bonds is 6.